The maximum Gasteiger partial charge on any atom is 0.240 e. The fourth-order valence-corrected chi connectivity index (χ4v) is 2.75. The van der Waals surface area contributed by atoms with Gasteiger partial charge < -0.3 is 10.6 Å². The Labute approximate surface area is 115 Å². The van der Waals surface area contributed by atoms with Gasteiger partial charge in [0.2, 0.25) is 10.0 Å². The van der Waals surface area contributed by atoms with E-state index in [2.05, 4.69) is 13.8 Å². The lowest BCUT2D eigenvalue weighted by molar-refractivity contribution is 0.564. The number of sulfonamides is 1. The molecule has 0 radical (unpaired) electrons. The van der Waals surface area contributed by atoms with Crippen molar-refractivity contribution < 1.29 is 8.42 Å². The first-order valence-corrected chi connectivity index (χ1v) is 7.86. The van der Waals surface area contributed by atoms with Gasteiger partial charge in [0.25, 0.3) is 0 Å². The standard InChI is InChI=1S/C13H23N3O2S/c1-9(2)8-16(10(3)4)12-6-5-11(14)7-13(12)19(15,17)18/h5-7,9-10H,8,14H2,1-4H3,(H2,15,17,18). The molecule has 108 valence electrons. The molecule has 0 atom stereocenters. The Morgan fingerprint density at radius 1 is 1.21 bits per heavy atom. The zero-order valence-electron chi connectivity index (χ0n) is 11.9. The Balaban J connectivity index is 3.38. The Morgan fingerprint density at radius 2 is 1.79 bits per heavy atom. The van der Waals surface area contributed by atoms with Crippen LogP contribution < -0.4 is 15.8 Å². The third-order valence-electron chi connectivity index (χ3n) is 2.79. The van der Waals surface area contributed by atoms with Gasteiger partial charge in [0.1, 0.15) is 4.90 Å². The summed E-state index contributed by atoms with van der Waals surface area (Å²) in [5.41, 5.74) is 6.66. The maximum absolute atomic E-state index is 11.7. The number of nitrogen functional groups attached to an aromatic ring is 1. The largest absolute Gasteiger partial charge is 0.399 e. The van der Waals surface area contributed by atoms with Crippen molar-refractivity contribution in [3.63, 3.8) is 0 Å². The van der Waals surface area contributed by atoms with Crippen molar-refractivity contribution in [1.82, 2.24) is 0 Å². The molecule has 4 N–H and O–H groups in total. The summed E-state index contributed by atoms with van der Waals surface area (Å²) in [6.45, 7) is 8.97. The molecule has 1 aromatic rings. The molecular weight excluding hydrogens is 262 g/mol. The van der Waals surface area contributed by atoms with Crippen molar-refractivity contribution in [3.05, 3.63) is 18.2 Å². The van der Waals surface area contributed by atoms with Crippen LogP contribution in [0.1, 0.15) is 27.7 Å². The summed E-state index contributed by atoms with van der Waals surface area (Å²) in [4.78, 5) is 2.12. The van der Waals surface area contributed by atoms with Gasteiger partial charge in [-0.3, -0.25) is 0 Å². The molecule has 0 aromatic heterocycles. The normalized spacial score (nSPS) is 12.2. The average molecular weight is 285 g/mol. The predicted octanol–water partition coefficient (Wildman–Crippen LogP) is 1.79. The molecule has 19 heavy (non-hydrogen) atoms. The first-order chi connectivity index (χ1) is 8.62. The molecule has 6 heteroatoms. The van der Waals surface area contributed by atoms with Gasteiger partial charge in [0.15, 0.2) is 0 Å². The van der Waals surface area contributed by atoms with Gasteiger partial charge in [-0.15, -0.1) is 0 Å². The summed E-state index contributed by atoms with van der Waals surface area (Å²) >= 11 is 0. The van der Waals surface area contributed by atoms with Crippen molar-refractivity contribution in [3.8, 4) is 0 Å². The van der Waals surface area contributed by atoms with Crippen molar-refractivity contribution in [2.24, 2.45) is 11.1 Å². The van der Waals surface area contributed by atoms with Crippen LogP contribution >= 0.6 is 0 Å². The van der Waals surface area contributed by atoms with E-state index in [9.17, 15) is 8.42 Å². The van der Waals surface area contributed by atoms with Crippen LogP contribution in [0.25, 0.3) is 0 Å². The summed E-state index contributed by atoms with van der Waals surface area (Å²) in [6, 6.07) is 5.00. The molecule has 1 rings (SSSR count). The summed E-state index contributed by atoms with van der Waals surface area (Å²) in [5, 5.41) is 5.29. The van der Waals surface area contributed by atoms with Crippen LogP contribution in [0.5, 0.6) is 0 Å². The van der Waals surface area contributed by atoms with Crippen molar-refractivity contribution in [1.29, 1.82) is 0 Å². The molecule has 0 spiro atoms. The highest BCUT2D eigenvalue weighted by molar-refractivity contribution is 7.89. The summed E-state index contributed by atoms with van der Waals surface area (Å²) in [5.74, 6) is 0.410. The SMILES string of the molecule is CC(C)CN(c1ccc(N)cc1S(N)(=O)=O)C(C)C. The Bertz CT molecular complexity index is 539. The van der Waals surface area contributed by atoms with E-state index < -0.39 is 10.0 Å². The highest BCUT2D eigenvalue weighted by atomic mass is 32.2. The number of hydrogen-bond acceptors (Lipinski definition) is 4. The molecular formula is C13H23N3O2S. The molecule has 1 aromatic carbocycles. The first-order valence-electron chi connectivity index (χ1n) is 6.32. The van der Waals surface area contributed by atoms with E-state index in [4.69, 9.17) is 10.9 Å². The van der Waals surface area contributed by atoms with Crippen molar-refractivity contribution in [2.75, 3.05) is 17.2 Å². The van der Waals surface area contributed by atoms with Gasteiger partial charge in [-0.05, 0) is 38.0 Å². The maximum atomic E-state index is 11.7. The summed E-state index contributed by atoms with van der Waals surface area (Å²) in [7, 11) is -3.79. The quantitative estimate of drug-likeness (QED) is 0.807. The van der Waals surface area contributed by atoms with Crippen LogP contribution in [0.2, 0.25) is 0 Å². The molecule has 0 unspecified atom stereocenters. The number of benzene rings is 1. The van der Waals surface area contributed by atoms with E-state index in [-0.39, 0.29) is 10.9 Å². The van der Waals surface area contributed by atoms with Gasteiger partial charge in [-0.25, -0.2) is 13.6 Å². The van der Waals surface area contributed by atoms with E-state index >= 15 is 0 Å². The molecule has 0 saturated heterocycles. The molecule has 0 amide bonds. The van der Waals surface area contributed by atoms with E-state index in [0.717, 1.165) is 6.54 Å². The lowest BCUT2D eigenvalue weighted by Gasteiger charge is -2.32. The second-order valence-electron chi connectivity index (χ2n) is 5.41. The highest BCUT2D eigenvalue weighted by Gasteiger charge is 2.21. The van der Waals surface area contributed by atoms with E-state index in [1.807, 2.05) is 18.7 Å². The Hall–Kier alpha value is -1.27. The number of primary sulfonamides is 1. The second-order valence-corrected chi connectivity index (χ2v) is 6.94. The van der Waals surface area contributed by atoms with E-state index in [1.165, 1.54) is 6.07 Å². The monoisotopic (exact) mass is 285 g/mol. The van der Waals surface area contributed by atoms with E-state index in [0.29, 0.717) is 17.3 Å². The topological polar surface area (TPSA) is 89.4 Å². The van der Waals surface area contributed by atoms with Crippen LogP contribution in [0, 0.1) is 5.92 Å². The first kappa shape index (κ1) is 15.8. The van der Waals surface area contributed by atoms with Crippen LogP contribution in [0.15, 0.2) is 23.1 Å². The minimum Gasteiger partial charge on any atom is -0.399 e. The average Bonchev–Trinajstić information content (AvgIpc) is 2.24. The second kappa shape index (κ2) is 5.79. The third-order valence-corrected chi connectivity index (χ3v) is 3.73. The zero-order chi connectivity index (χ0) is 14.8. The van der Waals surface area contributed by atoms with Gasteiger partial charge in [-0.1, -0.05) is 13.8 Å². The number of anilines is 2. The summed E-state index contributed by atoms with van der Waals surface area (Å²) < 4.78 is 23.4. The number of nitrogens with zero attached hydrogens (tertiary/aromatic N) is 1. The Kier molecular flexibility index (Phi) is 4.81. The zero-order valence-corrected chi connectivity index (χ0v) is 12.7. The summed E-state index contributed by atoms with van der Waals surface area (Å²) in [6.07, 6.45) is 0. The molecule has 0 fully saturated rings. The molecule has 0 aliphatic heterocycles. The van der Waals surface area contributed by atoms with Crippen molar-refractivity contribution >= 4 is 21.4 Å². The molecule has 0 aliphatic carbocycles. The number of rotatable bonds is 5. The number of nitrogens with two attached hydrogens (primary N) is 2. The van der Waals surface area contributed by atoms with Gasteiger partial charge in [0.05, 0.1) is 5.69 Å². The predicted molar refractivity (Wildman–Crippen MR) is 79.5 cm³/mol. The van der Waals surface area contributed by atoms with E-state index in [1.54, 1.807) is 12.1 Å². The molecule has 0 saturated carbocycles. The number of hydrogen-bond donors (Lipinski definition) is 2. The van der Waals surface area contributed by atoms with Gasteiger partial charge in [0, 0.05) is 18.3 Å². The third kappa shape index (κ3) is 4.11. The smallest absolute Gasteiger partial charge is 0.240 e. The van der Waals surface area contributed by atoms with Crippen LogP contribution in [0.3, 0.4) is 0 Å². The fourth-order valence-electron chi connectivity index (χ4n) is 1.98. The highest BCUT2D eigenvalue weighted by Crippen LogP contribution is 2.28. The lowest BCUT2D eigenvalue weighted by atomic mass is 10.1. The van der Waals surface area contributed by atoms with Crippen molar-refractivity contribution in [2.45, 2.75) is 38.6 Å². The fraction of sp³-hybridized carbons (Fsp3) is 0.538. The molecule has 0 bridgehead atoms. The minimum absolute atomic E-state index is 0.0850. The minimum atomic E-state index is -3.79. The van der Waals surface area contributed by atoms with Crippen LogP contribution in [0.4, 0.5) is 11.4 Å². The molecule has 0 heterocycles. The molecule has 0 aliphatic rings. The Morgan fingerprint density at radius 3 is 2.21 bits per heavy atom. The lowest BCUT2D eigenvalue weighted by Crippen LogP contribution is -2.35. The van der Waals surface area contributed by atoms with Crippen LogP contribution in [-0.2, 0) is 10.0 Å². The molecule has 5 nitrogen and oxygen atoms in total. The van der Waals surface area contributed by atoms with Gasteiger partial charge in [-0.2, -0.15) is 0 Å². The van der Waals surface area contributed by atoms with Crippen LogP contribution in [-0.4, -0.2) is 21.0 Å². The van der Waals surface area contributed by atoms with Gasteiger partial charge >= 0.3 is 0 Å².